The summed E-state index contributed by atoms with van der Waals surface area (Å²) in [5.41, 5.74) is 3.15. The lowest BCUT2D eigenvalue weighted by atomic mass is 9.45. The van der Waals surface area contributed by atoms with Crippen molar-refractivity contribution in [3.8, 4) is 0 Å². The van der Waals surface area contributed by atoms with Crippen LogP contribution < -0.4 is 0 Å². The van der Waals surface area contributed by atoms with E-state index in [9.17, 15) is 0 Å². The smallest absolute Gasteiger partial charge is 0.00330 e. The normalized spacial score (nSPS) is 46.9. The lowest BCUT2D eigenvalue weighted by Crippen LogP contribution is -2.50. The van der Waals surface area contributed by atoms with Gasteiger partial charge in [-0.1, -0.05) is 51.8 Å². The van der Waals surface area contributed by atoms with Crippen molar-refractivity contribution in [3.05, 3.63) is 24.3 Å². The van der Waals surface area contributed by atoms with Crippen LogP contribution in [0.3, 0.4) is 0 Å². The molecular formula is C20H32. The highest BCUT2D eigenvalue weighted by molar-refractivity contribution is 5.26. The van der Waals surface area contributed by atoms with Gasteiger partial charge in [-0.3, -0.25) is 0 Å². The van der Waals surface area contributed by atoms with Crippen molar-refractivity contribution in [3.63, 3.8) is 0 Å². The van der Waals surface area contributed by atoms with Gasteiger partial charge in [0.05, 0.1) is 0 Å². The van der Waals surface area contributed by atoms with Gasteiger partial charge >= 0.3 is 0 Å². The monoisotopic (exact) mass is 272 g/mol. The molecule has 0 heteroatoms. The van der Waals surface area contributed by atoms with Crippen molar-refractivity contribution < 1.29 is 0 Å². The minimum Gasteiger partial charge on any atom is -0.102 e. The molecule has 2 fully saturated rings. The fraction of sp³-hybridized carbons (Fsp3) is 0.800. The van der Waals surface area contributed by atoms with Crippen LogP contribution in [0.4, 0.5) is 0 Å². The Balaban J connectivity index is 1.97. The quantitative estimate of drug-likeness (QED) is 0.503. The van der Waals surface area contributed by atoms with Gasteiger partial charge in [0.2, 0.25) is 0 Å². The van der Waals surface area contributed by atoms with E-state index in [0.29, 0.717) is 10.8 Å². The van der Waals surface area contributed by atoms with E-state index in [4.69, 9.17) is 0 Å². The molecule has 0 saturated heterocycles. The van der Waals surface area contributed by atoms with Gasteiger partial charge in [0.15, 0.2) is 0 Å². The molecular weight excluding hydrogens is 240 g/mol. The van der Waals surface area contributed by atoms with E-state index in [1.165, 1.54) is 44.9 Å². The van der Waals surface area contributed by atoms with Crippen LogP contribution >= 0.6 is 0 Å². The van der Waals surface area contributed by atoms with E-state index in [1.807, 2.05) is 0 Å². The van der Waals surface area contributed by atoms with Crippen LogP contribution in [0.1, 0.15) is 72.6 Å². The number of hydrogen-bond acceptors (Lipinski definition) is 0. The Labute approximate surface area is 125 Å². The maximum absolute atomic E-state index is 4.07. The highest BCUT2D eigenvalue weighted by atomic mass is 14.6. The molecule has 0 radical (unpaired) electrons. The molecule has 112 valence electrons. The molecule has 0 nitrogen and oxygen atoms in total. The summed E-state index contributed by atoms with van der Waals surface area (Å²) in [6.45, 7) is 14.1. The third-order valence-corrected chi connectivity index (χ3v) is 7.19. The van der Waals surface area contributed by atoms with E-state index in [-0.39, 0.29) is 5.41 Å². The van der Waals surface area contributed by atoms with Gasteiger partial charge in [0.25, 0.3) is 0 Å². The zero-order valence-corrected chi connectivity index (χ0v) is 14.0. The van der Waals surface area contributed by atoms with Gasteiger partial charge in [-0.25, -0.2) is 0 Å². The first-order valence-electron chi connectivity index (χ1n) is 8.66. The molecule has 3 aliphatic rings. The third-order valence-electron chi connectivity index (χ3n) is 7.19. The Morgan fingerprint density at radius 3 is 2.55 bits per heavy atom. The topological polar surface area (TPSA) is 0 Å². The van der Waals surface area contributed by atoms with Gasteiger partial charge < -0.3 is 0 Å². The molecule has 0 heterocycles. The summed E-state index contributed by atoms with van der Waals surface area (Å²) in [6, 6.07) is 0. The van der Waals surface area contributed by atoms with E-state index in [0.717, 1.165) is 11.8 Å². The molecule has 3 rings (SSSR count). The maximum Gasteiger partial charge on any atom is 0.00330 e. The second kappa shape index (κ2) is 4.49. The molecule has 4 atom stereocenters. The second-order valence-corrected chi connectivity index (χ2v) is 8.96. The maximum atomic E-state index is 4.07. The summed E-state index contributed by atoms with van der Waals surface area (Å²) in [4.78, 5) is 0. The fourth-order valence-corrected chi connectivity index (χ4v) is 6.01. The standard InChI is InChI=1S/C20H32/c1-6-19(4)13-10-16-15(14-19)8-9-17-18(2,3)11-7-12-20(16,17)5/h6,14,16-17H,1,7-13H2,2-5H3/t16-,17-,19+,20+/m0/s1. The minimum atomic E-state index is 0.263. The van der Waals surface area contributed by atoms with E-state index in [2.05, 4.69) is 46.4 Å². The molecule has 0 unspecified atom stereocenters. The van der Waals surface area contributed by atoms with Gasteiger partial charge in [-0.15, -0.1) is 6.58 Å². The van der Waals surface area contributed by atoms with Crippen molar-refractivity contribution in [2.75, 3.05) is 0 Å². The molecule has 0 bridgehead atoms. The average molecular weight is 272 g/mol. The number of allylic oxidation sites excluding steroid dienone is 3. The zero-order chi connectivity index (χ0) is 14.6. The molecule has 0 aromatic heterocycles. The highest BCUT2D eigenvalue weighted by Crippen LogP contribution is 2.63. The minimum absolute atomic E-state index is 0.263. The fourth-order valence-electron chi connectivity index (χ4n) is 6.01. The van der Waals surface area contributed by atoms with Gasteiger partial charge in [0, 0.05) is 5.41 Å². The van der Waals surface area contributed by atoms with E-state index < -0.39 is 0 Å². The van der Waals surface area contributed by atoms with E-state index >= 15 is 0 Å². The lowest BCUT2D eigenvalue weighted by molar-refractivity contribution is -0.0587. The van der Waals surface area contributed by atoms with Crippen molar-refractivity contribution >= 4 is 0 Å². The predicted molar refractivity (Wildman–Crippen MR) is 87.6 cm³/mol. The first-order chi connectivity index (χ1) is 9.31. The molecule has 0 spiro atoms. The Morgan fingerprint density at radius 2 is 1.85 bits per heavy atom. The summed E-state index contributed by atoms with van der Waals surface area (Å²) in [7, 11) is 0. The molecule has 20 heavy (non-hydrogen) atoms. The van der Waals surface area contributed by atoms with Crippen LogP contribution in [0.2, 0.25) is 0 Å². The lowest BCUT2D eigenvalue weighted by Gasteiger charge is -2.59. The van der Waals surface area contributed by atoms with Gasteiger partial charge in [0.1, 0.15) is 0 Å². The first kappa shape index (κ1) is 14.4. The molecule has 0 amide bonds. The highest BCUT2D eigenvalue weighted by Gasteiger charge is 2.54. The molecule has 0 aromatic carbocycles. The van der Waals surface area contributed by atoms with Crippen LogP contribution in [0.15, 0.2) is 24.3 Å². The second-order valence-electron chi connectivity index (χ2n) is 8.96. The molecule has 3 aliphatic carbocycles. The van der Waals surface area contributed by atoms with Crippen LogP contribution in [0.25, 0.3) is 0 Å². The summed E-state index contributed by atoms with van der Waals surface area (Å²) >= 11 is 0. The van der Waals surface area contributed by atoms with Crippen LogP contribution in [-0.4, -0.2) is 0 Å². The Kier molecular flexibility index (Phi) is 3.23. The van der Waals surface area contributed by atoms with Crippen LogP contribution in [-0.2, 0) is 0 Å². The summed E-state index contributed by atoms with van der Waals surface area (Å²) in [5.74, 6) is 1.79. The third kappa shape index (κ3) is 2.02. The largest absolute Gasteiger partial charge is 0.102 e. The van der Waals surface area contributed by atoms with Crippen molar-refractivity contribution in [1.82, 2.24) is 0 Å². The Hall–Kier alpha value is -0.520. The van der Waals surface area contributed by atoms with Crippen molar-refractivity contribution in [1.29, 1.82) is 0 Å². The number of fused-ring (bicyclic) bond motifs is 3. The summed E-state index contributed by atoms with van der Waals surface area (Å²) in [6.07, 6.45) is 14.5. The Morgan fingerprint density at radius 1 is 1.10 bits per heavy atom. The van der Waals surface area contributed by atoms with Gasteiger partial charge in [-0.05, 0) is 61.2 Å². The Bertz CT molecular complexity index is 441. The van der Waals surface area contributed by atoms with Gasteiger partial charge in [-0.2, -0.15) is 0 Å². The van der Waals surface area contributed by atoms with Crippen molar-refractivity contribution in [2.45, 2.75) is 72.6 Å². The number of rotatable bonds is 1. The predicted octanol–water partition coefficient (Wildman–Crippen LogP) is 6.14. The molecule has 2 saturated carbocycles. The van der Waals surface area contributed by atoms with Crippen LogP contribution in [0.5, 0.6) is 0 Å². The summed E-state index contributed by atoms with van der Waals surface area (Å²) in [5, 5.41) is 0. The van der Waals surface area contributed by atoms with E-state index in [1.54, 1.807) is 5.57 Å². The molecule has 0 aliphatic heterocycles. The molecule has 0 aromatic rings. The summed E-state index contributed by atoms with van der Waals surface area (Å²) < 4.78 is 0. The average Bonchev–Trinajstić information content (AvgIpc) is 2.37. The zero-order valence-electron chi connectivity index (χ0n) is 14.0. The van der Waals surface area contributed by atoms with Crippen molar-refractivity contribution in [2.24, 2.45) is 28.1 Å². The SMILES string of the molecule is C=C[C@@]1(C)C=C2CC[C@H]3C(C)(C)CCC[C@]3(C)[C@H]2CC1. The van der Waals surface area contributed by atoms with Crippen LogP contribution in [0, 0.1) is 28.1 Å². The first-order valence-corrected chi connectivity index (χ1v) is 8.66. The molecule has 0 N–H and O–H groups in total. The number of hydrogen-bond donors (Lipinski definition) is 0.